The molecule has 55 heavy (non-hydrogen) atoms. The molecule has 10 nitrogen and oxygen atoms in total. The predicted octanol–water partition coefficient (Wildman–Crippen LogP) is 11.1. The Bertz CT molecular complexity index is 1100. The molecular weight excluding hydrogens is 719 g/mol. The second kappa shape index (κ2) is 39.9. The van der Waals surface area contributed by atoms with Crippen LogP contribution in [0.3, 0.4) is 0 Å². The number of phosphoric acid groups is 1. The Morgan fingerprint density at radius 2 is 1.00 bits per heavy atom. The van der Waals surface area contributed by atoms with Gasteiger partial charge in [0.15, 0.2) is 6.10 Å². The first-order chi connectivity index (χ1) is 26.7. The lowest BCUT2D eigenvalue weighted by Gasteiger charge is -2.20. The van der Waals surface area contributed by atoms with Crippen LogP contribution in [0.5, 0.6) is 0 Å². The maximum Gasteiger partial charge on any atom is 0.472 e. The van der Waals surface area contributed by atoms with Crippen molar-refractivity contribution in [2.24, 2.45) is 0 Å². The summed E-state index contributed by atoms with van der Waals surface area (Å²) < 4.78 is 32.7. The molecule has 0 rings (SSSR count). The van der Waals surface area contributed by atoms with Crippen LogP contribution in [0.4, 0.5) is 0 Å². The second-order valence-electron chi connectivity index (χ2n) is 14.0. The lowest BCUT2D eigenvalue weighted by Crippen LogP contribution is -2.29. The fourth-order valence-corrected chi connectivity index (χ4v) is 6.22. The van der Waals surface area contributed by atoms with Crippen molar-refractivity contribution >= 4 is 19.8 Å². The third kappa shape index (κ3) is 39.7. The number of aliphatic hydroxyl groups is 2. The molecule has 0 aromatic rings. The normalized spacial score (nSPS) is 14.5. The van der Waals surface area contributed by atoms with Gasteiger partial charge in [0.25, 0.3) is 0 Å². The van der Waals surface area contributed by atoms with Gasteiger partial charge in [0.05, 0.1) is 19.8 Å². The number of unbranched alkanes of at least 4 members (excludes halogenated alkanes) is 15. The van der Waals surface area contributed by atoms with Crippen LogP contribution in [0.1, 0.15) is 168 Å². The highest BCUT2D eigenvalue weighted by Crippen LogP contribution is 2.43. The molecule has 318 valence electrons. The number of allylic oxidation sites excluding steroid dienone is 10. The minimum absolute atomic E-state index is 0.144. The van der Waals surface area contributed by atoms with E-state index >= 15 is 0 Å². The van der Waals surface area contributed by atoms with E-state index < -0.39 is 51.8 Å². The third-order valence-corrected chi connectivity index (χ3v) is 9.64. The second-order valence-corrected chi connectivity index (χ2v) is 15.4. The zero-order valence-electron chi connectivity index (χ0n) is 34.4. The minimum atomic E-state index is -4.63. The molecule has 0 aromatic heterocycles. The zero-order chi connectivity index (χ0) is 40.5. The highest BCUT2D eigenvalue weighted by molar-refractivity contribution is 7.47. The number of phosphoric ester groups is 1. The van der Waals surface area contributed by atoms with E-state index in [2.05, 4.69) is 79.1 Å². The van der Waals surface area contributed by atoms with Crippen LogP contribution in [-0.4, -0.2) is 65.7 Å². The van der Waals surface area contributed by atoms with Gasteiger partial charge in [-0.05, 0) is 57.8 Å². The minimum Gasteiger partial charge on any atom is -0.462 e. The van der Waals surface area contributed by atoms with Crippen molar-refractivity contribution in [2.75, 3.05) is 26.4 Å². The molecule has 0 amide bonds. The topological polar surface area (TPSA) is 149 Å². The quantitative estimate of drug-likeness (QED) is 0.0237. The molecule has 0 bridgehead atoms. The van der Waals surface area contributed by atoms with E-state index in [1.165, 1.54) is 57.8 Å². The first-order valence-electron chi connectivity index (χ1n) is 21.2. The number of rotatable bonds is 39. The number of carbonyl (C=O) groups excluding carboxylic acids is 2. The summed E-state index contributed by atoms with van der Waals surface area (Å²) in [6.07, 6.45) is 43.3. The third-order valence-electron chi connectivity index (χ3n) is 8.69. The Morgan fingerprint density at radius 3 is 1.51 bits per heavy atom. The van der Waals surface area contributed by atoms with Gasteiger partial charge in [-0.1, -0.05) is 158 Å². The van der Waals surface area contributed by atoms with E-state index in [4.69, 9.17) is 19.1 Å². The van der Waals surface area contributed by atoms with Gasteiger partial charge < -0.3 is 24.6 Å². The molecule has 0 aromatic carbocycles. The van der Waals surface area contributed by atoms with Crippen LogP contribution in [0, 0.1) is 0 Å². The molecule has 0 heterocycles. The Hall–Kier alpha value is -2.33. The van der Waals surface area contributed by atoms with Gasteiger partial charge in [0.1, 0.15) is 12.7 Å². The fourth-order valence-electron chi connectivity index (χ4n) is 5.43. The van der Waals surface area contributed by atoms with Crippen LogP contribution in [0.2, 0.25) is 0 Å². The summed E-state index contributed by atoms with van der Waals surface area (Å²) in [6.45, 7) is 2.22. The molecule has 0 fully saturated rings. The van der Waals surface area contributed by atoms with Crippen molar-refractivity contribution in [3.8, 4) is 0 Å². The van der Waals surface area contributed by atoms with Crippen molar-refractivity contribution in [3.63, 3.8) is 0 Å². The number of carbonyl (C=O) groups is 2. The molecule has 3 atom stereocenters. The van der Waals surface area contributed by atoms with Crippen molar-refractivity contribution in [1.82, 2.24) is 0 Å². The largest absolute Gasteiger partial charge is 0.472 e. The van der Waals surface area contributed by atoms with Crippen LogP contribution >= 0.6 is 7.82 Å². The standard InChI is InChI=1S/C44H77O10P/c1-3-5-7-9-11-13-15-17-18-19-20-21-22-24-26-28-30-32-34-36-44(48)54-42(40-53-55(49,50)52-38-41(46)37-45)39-51-43(47)35-33-31-29-27-25-23-16-14-12-10-8-6-4-2/h5,7,11,13,17-18,20-21,24,26,41-42,45-46H,3-4,6,8-10,12,14-16,19,22-23,25,27-40H2,1-2H3,(H,49,50). The molecule has 0 spiro atoms. The first-order valence-corrected chi connectivity index (χ1v) is 22.7. The molecule has 0 aliphatic rings. The summed E-state index contributed by atoms with van der Waals surface area (Å²) in [5.74, 6) is -0.964. The summed E-state index contributed by atoms with van der Waals surface area (Å²) in [5.41, 5.74) is 0. The summed E-state index contributed by atoms with van der Waals surface area (Å²) in [7, 11) is -4.63. The fraction of sp³-hybridized carbons (Fsp3) is 0.727. The summed E-state index contributed by atoms with van der Waals surface area (Å²) in [4.78, 5) is 34.9. The monoisotopic (exact) mass is 797 g/mol. The molecular formula is C44H77O10P. The number of esters is 2. The molecule has 0 aliphatic heterocycles. The van der Waals surface area contributed by atoms with Gasteiger partial charge in [0.2, 0.25) is 0 Å². The highest BCUT2D eigenvalue weighted by Gasteiger charge is 2.27. The Morgan fingerprint density at radius 1 is 0.564 bits per heavy atom. The number of ether oxygens (including phenoxy) is 2. The average Bonchev–Trinajstić information content (AvgIpc) is 3.17. The first kappa shape index (κ1) is 52.7. The molecule has 0 saturated carbocycles. The summed E-state index contributed by atoms with van der Waals surface area (Å²) in [5, 5.41) is 18.3. The van der Waals surface area contributed by atoms with E-state index in [0.29, 0.717) is 12.8 Å². The average molecular weight is 797 g/mol. The SMILES string of the molecule is CCC=CCC=CCC=CCC=CCC=CCCCCCC(=O)OC(COC(=O)CCCCCCCCCCCCCCC)COP(=O)(O)OCC(O)CO. The van der Waals surface area contributed by atoms with Crippen LogP contribution < -0.4 is 0 Å². The van der Waals surface area contributed by atoms with Crippen molar-refractivity contribution in [3.05, 3.63) is 60.8 Å². The van der Waals surface area contributed by atoms with E-state index in [9.17, 15) is 24.2 Å². The number of hydrogen-bond acceptors (Lipinski definition) is 9. The summed E-state index contributed by atoms with van der Waals surface area (Å²) >= 11 is 0. The van der Waals surface area contributed by atoms with E-state index in [-0.39, 0.29) is 19.4 Å². The van der Waals surface area contributed by atoms with Crippen molar-refractivity contribution in [1.29, 1.82) is 0 Å². The Kier molecular flexibility index (Phi) is 38.2. The summed E-state index contributed by atoms with van der Waals surface area (Å²) in [6, 6.07) is 0. The molecule has 3 N–H and O–H groups in total. The lowest BCUT2D eigenvalue weighted by molar-refractivity contribution is -0.161. The molecule has 0 saturated heterocycles. The van der Waals surface area contributed by atoms with Crippen LogP contribution in [0.25, 0.3) is 0 Å². The Balaban J connectivity index is 4.38. The Labute approximate surface area is 334 Å². The maximum absolute atomic E-state index is 12.6. The highest BCUT2D eigenvalue weighted by atomic mass is 31.2. The van der Waals surface area contributed by atoms with Gasteiger partial charge in [-0.3, -0.25) is 18.6 Å². The van der Waals surface area contributed by atoms with E-state index in [0.717, 1.165) is 70.6 Å². The van der Waals surface area contributed by atoms with E-state index in [1.807, 2.05) is 0 Å². The molecule has 3 unspecified atom stereocenters. The molecule has 11 heteroatoms. The van der Waals surface area contributed by atoms with Gasteiger partial charge >= 0.3 is 19.8 Å². The van der Waals surface area contributed by atoms with Crippen molar-refractivity contribution in [2.45, 2.75) is 180 Å². The van der Waals surface area contributed by atoms with E-state index in [1.54, 1.807) is 0 Å². The van der Waals surface area contributed by atoms with Crippen LogP contribution in [-0.2, 0) is 32.7 Å². The van der Waals surface area contributed by atoms with Crippen molar-refractivity contribution < 1.29 is 47.8 Å². The van der Waals surface area contributed by atoms with Gasteiger partial charge in [-0.25, -0.2) is 4.57 Å². The lowest BCUT2D eigenvalue weighted by atomic mass is 10.0. The number of aliphatic hydroxyl groups excluding tert-OH is 2. The zero-order valence-corrected chi connectivity index (χ0v) is 35.3. The number of hydrogen-bond donors (Lipinski definition) is 3. The predicted molar refractivity (Wildman–Crippen MR) is 224 cm³/mol. The van der Waals surface area contributed by atoms with Gasteiger partial charge in [-0.2, -0.15) is 0 Å². The maximum atomic E-state index is 12.6. The van der Waals surface area contributed by atoms with Crippen LogP contribution in [0.15, 0.2) is 60.8 Å². The molecule has 0 aliphatic carbocycles. The van der Waals surface area contributed by atoms with Gasteiger partial charge in [-0.15, -0.1) is 0 Å². The molecule has 0 radical (unpaired) electrons. The smallest absolute Gasteiger partial charge is 0.462 e. The van der Waals surface area contributed by atoms with Gasteiger partial charge in [0, 0.05) is 12.8 Å².